The second-order valence-electron chi connectivity index (χ2n) is 7.63. The topological polar surface area (TPSA) is 82.3 Å². The van der Waals surface area contributed by atoms with Gasteiger partial charge in [0.25, 0.3) is 0 Å². The second kappa shape index (κ2) is 9.55. The molecule has 2 atom stereocenters. The zero-order valence-electron chi connectivity index (χ0n) is 18.0. The van der Waals surface area contributed by atoms with Crippen LogP contribution in [0.1, 0.15) is 34.7 Å². The van der Waals surface area contributed by atoms with Gasteiger partial charge in [0.15, 0.2) is 5.11 Å². The Hall–Kier alpha value is -2.50. The SMILES string of the molecule is COCC(=O)Nc1ccc(N2C(=S)N[C@H](c3ccccn3)[C@@H]2c2c(C)[nH]c(C)c2I)cc1. The van der Waals surface area contributed by atoms with Crippen molar-refractivity contribution in [1.29, 1.82) is 0 Å². The van der Waals surface area contributed by atoms with E-state index >= 15 is 0 Å². The van der Waals surface area contributed by atoms with Gasteiger partial charge in [-0.25, -0.2) is 0 Å². The highest BCUT2D eigenvalue weighted by molar-refractivity contribution is 14.1. The van der Waals surface area contributed by atoms with E-state index in [1.165, 1.54) is 16.2 Å². The summed E-state index contributed by atoms with van der Waals surface area (Å²) < 4.78 is 6.07. The van der Waals surface area contributed by atoms with Gasteiger partial charge in [0, 0.05) is 45.2 Å². The van der Waals surface area contributed by atoms with E-state index in [0.29, 0.717) is 10.8 Å². The van der Waals surface area contributed by atoms with Gasteiger partial charge in [-0.3, -0.25) is 9.78 Å². The van der Waals surface area contributed by atoms with Crippen molar-refractivity contribution in [2.45, 2.75) is 25.9 Å². The number of H-pyrrole nitrogens is 1. The molecule has 1 aromatic carbocycles. The molecule has 0 bridgehead atoms. The second-order valence-corrected chi connectivity index (χ2v) is 9.09. The van der Waals surface area contributed by atoms with Gasteiger partial charge >= 0.3 is 0 Å². The third-order valence-corrected chi connectivity index (χ3v) is 7.15. The number of thiocarbonyl (C=S) groups is 1. The Morgan fingerprint density at radius 1 is 1.22 bits per heavy atom. The number of aryl methyl sites for hydroxylation is 2. The van der Waals surface area contributed by atoms with Gasteiger partial charge in [0.2, 0.25) is 5.91 Å². The van der Waals surface area contributed by atoms with Crippen molar-refractivity contribution in [3.63, 3.8) is 0 Å². The molecule has 166 valence electrons. The number of carbonyl (C=O) groups is 1. The lowest BCUT2D eigenvalue weighted by Gasteiger charge is -2.28. The van der Waals surface area contributed by atoms with Crippen LogP contribution in [-0.2, 0) is 9.53 Å². The van der Waals surface area contributed by atoms with Gasteiger partial charge in [-0.15, -0.1) is 0 Å². The summed E-state index contributed by atoms with van der Waals surface area (Å²) in [4.78, 5) is 22.0. The van der Waals surface area contributed by atoms with E-state index in [4.69, 9.17) is 17.0 Å². The number of hydrogen-bond donors (Lipinski definition) is 3. The maximum absolute atomic E-state index is 11.8. The molecule has 0 radical (unpaired) electrons. The number of pyridine rings is 1. The summed E-state index contributed by atoms with van der Waals surface area (Å²) in [5, 5.41) is 6.94. The van der Waals surface area contributed by atoms with E-state index in [-0.39, 0.29) is 24.6 Å². The molecule has 2 aromatic heterocycles. The standard InChI is InChI=1S/C23H24IN5O2S/c1-13-19(20(24)14(2)26-13)22-21(17-6-4-5-11-25-17)28-23(32)29(22)16-9-7-15(8-10-16)27-18(30)12-31-3/h4-11,21-22,26H,12H2,1-3H3,(H,27,30)(H,28,32)/t21-,22+/m1/s1. The van der Waals surface area contributed by atoms with Crippen LogP contribution in [0, 0.1) is 17.4 Å². The number of hydrogen-bond acceptors (Lipinski definition) is 4. The molecule has 0 aliphatic carbocycles. The molecule has 7 nitrogen and oxygen atoms in total. The molecule has 1 aliphatic rings. The van der Waals surface area contributed by atoms with Gasteiger partial charge in [-0.1, -0.05) is 6.07 Å². The third-order valence-electron chi connectivity index (χ3n) is 5.44. The highest BCUT2D eigenvalue weighted by Crippen LogP contribution is 2.44. The number of aromatic nitrogens is 2. The maximum Gasteiger partial charge on any atom is 0.250 e. The molecular weight excluding hydrogens is 537 g/mol. The fraction of sp³-hybridized carbons (Fsp3) is 0.261. The fourth-order valence-electron chi connectivity index (χ4n) is 4.08. The minimum absolute atomic E-state index is 0.0142. The summed E-state index contributed by atoms with van der Waals surface area (Å²) in [7, 11) is 1.49. The van der Waals surface area contributed by atoms with Crippen molar-refractivity contribution in [1.82, 2.24) is 15.3 Å². The summed E-state index contributed by atoms with van der Waals surface area (Å²) >= 11 is 8.19. The van der Waals surface area contributed by atoms with Gasteiger partial charge in [-0.2, -0.15) is 0 Å². The molecule has 4 rings (SSSR count). The predicted octanol–water partition coefficient (Wildman–Crippen LogP) is 4.39. The number of methoxy groups -OCH3 is 1. The number of benzene rings is 1. The highest BCUT2D eigenvalue weighted by Gasteiger charge is 2.42. The van der Waals surface area contributed by atoms with Crippen LogP contribution in [0.2, 0.25) is 0 Å². The molecule has 9 heteroatoms. The summed E-state index contributed by atoms with van der Waals surface area (Å²) in [5.74, 6) is -0.195. The molecule has 3 heterocycles. The van der Waals surface area contributed by atoms with Crippen LogP contribution < -0.4 is 15.5 Å². The van der Waals surface area contributed by atoms with Crippen LogP contribution in [0.15, 0.2) is 48.7 Å². The van der Waals surface area contributed by atoms with Crippen LogP contribution in [0.4, 0.5) is 11.4 Å². The number of amides is 1. The minimum atomic E-state index is -0.195. The van der Waals surface area contributed by atoms with Gasteiger partial charge in [0.1, 0.15) is 6.61 Å². The van der Waals surface area contributed by atoms with Crippen LogP contribution in [-0.4, -0.2) is 34.7 Å². The Morgan fingerprint density at radius 3 is 2.56 bits per heavy atom. The molecule has 0 spiro atoms. The van der Waals surface area contributed by atoms with E-state index in [9.17, 15) is 4.79 Å². The van der Waals surface area contributed by atoms with Crippen molar-refractivity contribution in [3.8, 4) is 0 Å². The lowest BCUT2D eigenvalue weighted by atomic mass is 9.96. The number of nitrogens with zero attached hydrogens (tertiary/aromatic N) is 2. The van der Waals surface area contributed by atoms with Crippen LogP contribution in [0.5, 0.6) is 0 Å². The van der Waals surface area contributed by atoms with Gasteiger partial charge in [0.05, 0.1) is 17.8 Å². The van der Waals surface area contributed by atoms with E-state index < -0.39 is 0 Å². The lowest BCUT2D eigenvalue weighted by Crippen LogP contribution is -2.29. The molecule has 3 N–H and O–H groups in total. The van der Waals surface area contributed by atoms with Crippen molar-refractivity contribution >= 4 is 57.2 Å². The number of rotatable bonds is 6. The number of halogens is 1. The molecule has 1 amide bonds. The first-order valence-corrected chi connectivity index (χ1v) is 11.6. The van der Waals surface area contributed by atoms with E-state index in [1.807, 2.05) is 42.5 Å². The van der Waals surface area contributed by atoms with Crippen molar-refractivity contribution < 1.29 is 9.53 Å². The highest BCUT2D eigenvalue weighted by atomic mass is 127. The molecular formula is C23H24IN5O2S. The largest absolute Gasteiger partial charge is 0.375 e. The molecule has 3 aromatic rings. The number of aromatic amines is 1. The molecule has 1 saturated heterocycles. The minimum Gasteiger partial charge on any atom is -0.375 e. The summed E-state index contributed by atoms with van der Waals surface area (Å²) in [6.45, 7) is 4.19. The number of ether oxygens (including phenoxy) is 1. The number of nitrogens with one attached hydrogen (secondary N) is 3. The zero-order chi connectivity index (χ0) is 22.8. The first kappa shape index (κ1) is 22.7. The van der Waals surface area contributed by atoms with Gasteiger partial charge < -0.3 is 25.3 Å². The molecule has 0 unspecified atom stereocenters. The number of anilines is 2. The normalized spacial score (nSPS) is 18.0. The Bertz CT molecular complexity index is 1130. The summed E-state index contributed by atoms with van der Waals surface area (Å²) in [6.07, 6.45) is 1.80. The van der Waals surface area contributed by atoms with Crippen LogP contribution in [0.3, 0.4) is 0 Å². The Labute approximate surface area is 206 Å². The molecule has 1 aliphatic heterocycles. The quantitative estimate of drug-likeness (QED) is 0.306. The monoisotopic (exact) mass is 561 g/mol. The van der Waals surface area contributed by atoms with Crippen LogP contribution in [0.25, 0.3) is 0 Å². The van der Waals surface area contributed by atoms with E-state index in [2.05, 4.69) is 61.9 Å². The average Bonchev–Trinajstić information content (AvgIpc) is 3.24. The van der Waals surface area contributed by atoms with Gasteiger partial charge in [-0.05, 0) is 85.1 Å². The van der Waals surface area contributed by atoms with E-state index in [0.717, 1.165) is 22.8 Å². The Morgan fingerprint density at radius 2 is 1.97 bits per heavy atom. The van der Waals surface area contributed by atoms with Crippen LogP contribution >= 0.6 is 34.8 Å². The smallest absolute Gasteiger partial charge is 0.250 e. The molecule has 0 saturated carbocycles. The van der Waals surface area contributed by atoms with Crippen molar-refractivity contribution in [3.05, 3.63) is 74.9 Å². The molecule has 32 heavy (non-hydrogen) atoms. The number of carbonyl (C=O) groups excluding carboxylic acids is 1. The predicted molar refractivity (Wildman–Crippen MR) is 138 cm³/mol. The van der Waals surface area contributed by atoms with Crippen molar-refractivity contribution in [2.75, 3.05) is 23.9 Å². The Kier molecular flexibility index (Phi) is 6.77. The summed E-state index contributed by atoms with van der Waals surface area (Å²) in [6, 6.07) is 13.4. The zero-order valence-corrected chi connectivity index (χ0v) is 21.0. The first-order chi connectivity index (χ1) is 15.4. The summed E-state index contributed by atoms with van der Waals surface area (Å²) in [5.41, 5.74) is 6.01. The Balaban J connectivity index is 1.74. The fourth-order valence-corrected chi connectivity index (χ4v) is 5.29. The first-order valence-electron chi connectivity index (χ1n) is 10.1. The lowest BCUT2D eigenvalue weighted by molar-refractivity contribution is -0.119. The maximum atomic E-state index is 11.8. The van der Waals surface area contributed by atoms with E-state index in [1.54, 1.807) is 6.20 Å². The average molecular weight is 561 g/mol. The third kappa shape index (κ3) is 4.37. The molecule has 1 fully saturated rings. The van der Waals surface area contributed by atoms with Crippen molar-refractivity contribution in [2.24, 2.45) is 0 Å².